The summed E-state index contributed by atoms with van der Waals surface area (Å²) in [5.74, 6) is 0.492. The fraction of sp³-hybridized carbons (Fsp3) is 0.286. The van der Waals surface area contributed by atoms with Gasteiger partial charge in [0.15, 0.2) is 0 Å². The number of hydrogen-bond acceptors (Lipinski definition) is 4. The summed E-state index contributed by atoms with van der Waals surface area (Å²) in [5, 5.41) is 7.69. The van der Waals surface area contributed by atoms with Crippen LogP contribution in [0, 0.1) is 0 Å². The Morgan fingerprint density at radius 3 is 2.86 bits per heavy atom. The van der Waals surface area contributed by atoms with Crippen LogP contribution < -0.4 is 10.5 Å². The van der Waals surface area contributed by atoms with E-state index >= 15 is 0 Å². The van der Waals surface area contributed by atoms with Gasteiger partial charge in [0, 0.05) is 12.7 Å². The van der Waals surface area contributed by atoms with Gasteiger partial charge < -0.3 is 5.32 Å². The molecule has 0 aliphatic heterocycles. The molecule has 1 rings (SSSR count). The van der Waals surface area contributed by atoms with Gasteiger partial charge in [0.05, 0.1) is 10.2 Å². The maximum atomic E-state index is 10.6. The summed E-state index contributed by atoms with van der Waals surface area (Å²) >= 11 is 3.27. The third kappa shape index (κ3) is 4.03. The highest BCUT2D eigenvalue weighted by atomic mass is 79.9. The van der Waals surface area contributed by atoms with Gasteiger partial charge in [-0.25, -0.2) is 18.5 Å². The lowest BCUT2D eigenvalue weighted by molar-refractivity contribution is 0.598. The molecule has 0 bridgehead atoms. The number of anilines is 1. The van der Waals surface area contributed by atoms with Gasteiger partial charge in [0.1, 0.15) is 5.82 Å². The molecule has 0 atom stereocenters. The first kappa shape index (κ1) is 11.4. The Morgan fingerprint density at radius 2 is 2.29 bits per heavy atom. The van der Waals surface area contributed by atoms with Crippen molar-refractivity contribution in [2.75, 3.05) is 17.6 Å². The van der Waals surface area contributed by atoms with Crippen molar-refractivity contribution in [3.8, 4) is 0 Å². The van der Waals surface area contributed by atoms with Crippen LogP contribution >= 0.6 is 15.9 Å². The Kier molecular flexibility index (Phi) is 3.85. The Morgan fingerprint density at radius 1 is 1.57 bits per heavy atom. The molecule has 78 valence electrons. The lowest BCUT2D eigenvalue weighted by atomic mass is 10.4. The van der Waals surface area contributed by atoms with E-state index in [0.29, 0.717) is 5.82 Å². The Balaban J connectivity index is 2.51. The second-order valence-corrected chi connectivity index (χ2v) is 5.22. The van der Waals surface area contributed by atoms with Crippen molar-refractivity contribution in [1.82, 2.24) is 4.98 Å². The molecule has 0 spiro atoms. The van der Waals surface area contributed by atoms with E-state index < -0.39 is 10.0 Å². The van der Waals surface area contributed by atoms with Gasteiger partial charge in [-0.2, -0.15) is 0 Å². The summed E-state index contributed by atoms with van der Waals surface area (Å²) in [6.07, 6.45) is 1.62. The molecule has 3 N–H and O–H groups in total. The molecular formula is C7H10BrN3O2S. The lowest BCUT2D eigenvalue weighted by Crippen LogP contribution is -2.22. The predicted molar refractivity (Wildman–Crippen MR) is 58.4 cm³/mol. The highest BCUT2D eigenvalue weighted by Gasteiger charge is 2.03. The molecule has 14 heavy (non-hydrogen) atoms. The number of pyridine rings is 1. The topological polar surface area (TPSA) is 85.1 Å². The number of halogens is 1. The molecule has 1 heterocycles. The molecule has 0 aliphatic rings. The number of rotatable bonds is 4. The molecule has 0 aliphatic carbocycles. The molecule has 0 unspecified atom stereocenters. The minimum Gasteiger partial charge on any atom is -0.368 e. The monoisotopic (exact) mass is 279 g/mol. The van der Waals surface area contributed by atoms with E-state index in [1.807, 2.05) is 6.07 Å². The van der Waals surface area contributed by atoms with Crippen molar-refractivity contribution in [3.63, 3.8) is 0 Å². The molecule has 5 nitrogen and oxygen atoms in total. The van der Waals surface area contributed by atoms with Crippen LogP contribution in [-0.2, 0) is 10.0 Å². The van der Waals surface area contributed by atoms with Crippen molar-refractivity contribution >= 4 is 31.8 Å². The number of primary sulfonamides is 1. The van der Waals surface area contributed by atoms with Gasteiger partial charge in [-0.05, 0) is 28.1 Å². The van der Waals surface area contributed by atoms with E-state index in [1.165, 1.54) is 0 Å². The molecule has 0 fully saturated rings. The van der Waals surface area contributed by atoms with Crippen molar-refractivity contribution in [3.05, 3.63) is 22.8 Å². The highest BCUT2D eigenvalue weighted by Crippen LogP contribution is 2.17. The van der Waals surface area contributed by atoms with Crippen LogP contribution in [0.1, 0.15) is 0 Å². The zero-order valence-electron chi connectivity index (χ0n) is 7.27. The molecule has 1 aromatic heterocycles. The summed E-state index contributed by atoms with van der Waals surface area (Å²) < 4.78 is 22.0. The lowest BCUT2D eigenvalue weighted by Gasteiger charge is -2.05. The highest BCUT2D eigenvalue weighted by molar-refractivity contribution is 9.10. The minimum absolute atomic E-state index is 0.115. The van der Waals surface area contributed by atoms with E-state index in [0.717, 1.165) is 4.47 Å². The Bertz CT molecular complexity index is 407. The predicted octanol–water partition coefficient (Wildman–Crippen LogP) is 0.545. The summed E-state index contributed by atoms with van der Waals surface area (Å²) in [4.78, 5) is 4.00. The van der Waals surface area contributed by atoms with E-state index in [-0.39, 0.29) is 12.3 Å². The first-order valence-electron chi connectivity index (χ1n) is 3.84. The number of nitrogens with one attached hydrogen (secondary N) is 1. The number of hydrogen-bond donors (Lipinski definition) is 2. The number of aromatic nitrogens is 1. The molecule has 0 radical (unpaired) electrons. The summed E-state index contributed by atoms with van der Waals surface area (Å²) in [6, 6.07) is 3.58. The molecule has 7 heteroatoms. The third-order valence-corrected chi connectivity index (χ3v) is 2.85. The summed E-state index contributed by atoms with van der Waals surface area (Å²) in [7, 11) is -3.41. The second-order valence-electron chi connectivity index (χ2n) is 2.63. The number of nitrogens with two attached hydrogens (primary N) is 1. The van der Waals surface area contributed by atoms with Gasteiger partial charge in [0.2, 0.25) is 10.0 Å². The van der Waals surface area contributed by atoms with Crippen LogP contribution in [0.25, 0.3) is 0 Å². The van der Waals surface area contributed by atoms with Crippen LogP contribution in [0.5, 0.6) is 0 Å². The van der Waals surface area contributed by atoms with Crippen LogP contribution in [0.15, 0.2) is 22.8 Å². The van der Waals surface area contributed by atoms with Crippen LogP contribution in [0.2, 0.25) is 0 Å². The van der Waals surface area contributed by atoms with Gasteiger partial charge in [0.25, 0.3) is 0 Å². The maximum Gasteiger partial charge on any atom is 0.210 e. The second kappa shape index (κ2) is 4.72. The van der Waals surface area contributed by atoms with Crippen molar-refractivity contribution in [2.24, 2.45) is 5.14 Å². The van der Waals surface area contributed by atoms with Gasteiger partial charge >= 0.3 is 0 Å². The van der Waals surface area contributed by atoms with Crippen LogP contribution in [-0.4, -0.2) is 25.7 Å². The smallest absolute Gasteiger partial charge is 0.210 e. The largest absolute Gasteiger partial charge is 0.368 e. The molecule has 0 aromatic carbocycles. The van der Waals surface area contributed by atoms with Crippen LogP contribution in [0.4, 0.5) is 5.82 Å². The first-order chi connectivity index (χ1) is 6.49. The van der Waals surface area contributed by atoms with Crippen molar-refractivity contribution in [1.29, 1.82) is 0 Å². The zero-order valence-corrected chi connectivity index (χ0v) is 9.68. The number of sulfonamides is 1. The van der Waals surface area contributed by atoms with E-state index in [2.05, 4.69) is 26.2 Å². The van der Waals surface area contributed by atoms with Gasteiger partial charge in [-0.15, -0.1) is 0 Å². The molecule has 0 saturated carbocycles. The third-order valence-electron chi connectivity index (χ3n) is 1.44. The fourth-order valence-corrected chi connectivity index (χ4v) is 1.61. The van der Waals surface area contributed by atoms with Crippen molar-refractivity contribution < 1.29 is 8.42 Å². The quantitative estimate of drug-likeness (QED) is 0.843. The Labute approximate surface area is 90.9 Å². The molecule has 0 amide bonds. The zero-order chi connectivity index (χ0) is 10.6. The summed E-state index contributed by atoms with van der Waals surface area (Å²) in [6.45, 7) is 0.244. The SMILES string of the molecule is NS(=O)(=O)CCNc1ncccc1Br. The molecular weight excluding hydrogens is 270 g/mol. The molecule has 1 aromatic rings. The van der Waals surface area contributed by atoms with Crippen LogP contribution in [0.3, 0.4) is 0 Å². The van der Waals surface area contributed by atoms with Gasteiger partial charge in [-0.3, -0.25) is 0 Å². The van der Waals surface area contributed by atoms with E-state index in [9.17, 15) is 8.42 Å². The Hall–Kier alpha value is -0.660. The maximum absolute atomic E-state index is 10.6. The summed E-state index contributed by atoms with van der Waals surface area (Å²) in [5.41, 5.74) is 0. The molecule has 0 saturated heterocycles. The van der Waals surface area contributed by atoms with E-state index in [1.54, 1.807) is 12.3 Å². The number of nitrogens with zero attached hydrogens (tertiary/aromatic N) is 1. The fourth-order valence-electron chi connectivity index (χ4n) is 0.827. The normalized spacial score (nSPS) is 11.3. The first-order valence-corrected chi connectivity index (χ1v) is 6.35. The average molecular weight is 280 g/mol. The standard InChI is InChI=1S/C7H10BrN3O2S/c8-6-2-1-3-10-7(6)11-4-5-14(9,12)13/h1-3H,4-5H2,(H,10,11)(H2,9,12,13). The minimum atomic E-state index is -3.41. The average Bonchev–Trinajstić information content (AvgIpc) is 2.06. The van der Waals surface area contributed by atoms with Gasteiger partial charge in [-0.1, -0.05) is 0 Å². The van der Waals surface area contributed by atoms with Crippen molar-refractivity contribution in [2.45, 2.75) is 0 Å². The van der Waals surface area contributed by atoms with E-state index in [4.69, 9.17) is 5.14 Å².